The van der Waals surface area contributed by atoms with Crippen molar-refractivity contribution in [2.24, 2.45) is 0 Å². The van der Waals surface area contributed by atoms with E-state index in [4.69, 9.17) is 5.73 Å². The van der Waals surface area contributed by atoms with E-state index in [1.54, 1.807) is 4.57 Å². The van der Waals surface area contributed by atoms with Gasteiger partial charge in [0.05, 0.1) is 5.56 Å². The minimum Gasteiger partial charge on any atom is -0.382 e. The van der Waals surface area contributed by atoms with Gasteiger partial charge in [-0.1, -0.05) is 25.8 Å². The highest BCUT2D eigenvalue weighted by Crippen LogP contribution is 2.29. The van der Waals surface area contributed by atoms with Crippen LogP contribution in [0.5, 0.6) is 0 Å². The van der Waals surface area contributed by atoms with Gasteiger partial charge in [0.1, 0.15) is 11.4 Å². The summed E-state index contributed by atoms with van der Waals surface area (Å²) in [6, 6.07) is 3.90. The van der Waals surface area contributed by atoms with Crippen LogP contribution in [-0.4, -0.2) is 30.2 Å². The van der Waals surface area contributed by atoms with Crippen LogP contribution < -0.4 is 5.73 Å². The van der Waals surface area contributed by atoms with Crippen LogP contribution in [0.2, 0.25) is 0 Å². The third-order valence-electron chi connectivity index (χ3n) is 4.71. The summed E-state index contributed by atoms with van der Waals surface area (Å²) in [6.45, 7) is 5.91. The Morgan fingerprint density at radius 1 is 1.14 bits per heavy atom. The van der Waals surface area contributed by atoms with Gasteiger partial charge >= 0.3 is 0 Å². The zero-order chi connectivity index (χ0) is 20.5. The number of nitrogens with two attached hydrogens (primary N) is 1. The highest BCUT2D eigenvalue weighted by Gasteiger charge is 2.21. The number of benzene rings is 1. The van der Waals surface area contributed by atoms with Crippen LogP contribution in [0.4, 0.5) is 14.6 Å². The van der Waals surface area contributed by atoms with E-state index in [9.17, 15) is 13.9 Å². The Labute approximate surface area is 161 Å². The molecule has 2 aromatic heterocycles. The number of imidazole rings is 1. The van der Waals surface area contributed by atoms with Crippen LogP contribution in [0.15, 0.2) is 18.2 Å². The Bertz CT molecular complexity index is 1090. The van der Waals surface area contributed by atoms with E-state index >= 15 is 0 Å². The van der Waals surface area contributed by atoms with Gasteiger partial charge in [0.25, 0.3) is 0 Å². The van der Waals surface area contributed by atoms with Gasteiger partial charge in [-0.3, -0.25) is 0 Å². The molecular formula is C20H21F2N5O. The maximum absolute atomic E-state index is 14.3. The van der Waals surface area contributed by atoms with E-state index in [0.29, 0.717) is 25.0 Å². The van der Waals surface area contributed by atoms with Crippen molar-refractivity contribution in [1.29, 1.82) is 0 Å². The first-order valence-electron chi connectivity index (χ1n) is 9.07. The van der Waals surface area contributed by atoms with Crippen molar-refractivity contribution in [1.82, 2.24) is 19.5 Å². The summed E-state index contributed by atoms with van der Waals surface area (Å²) in [5, 5.41) is 10.3. The van der Waals surface area contributed by atoms with Crippen LogP contribution >= 0.6 is 0 Å². The number of anilines is 1. The highest BCUT2D eigenvalue weighted by atomic mass is 19.2. The molecule has 8 heteroatoms. The molecule has 28 heavy (non-hydrogen) atoms. The summed E-state index contributed by atoms with van der Waals surface area (Å²) < 4.78 is 29.6. The average molecular weight is 385 g/mol. The number of rotatable bonds is 4. The lowest BCUT2D eigenvalue weighted by Crippen LogP contribution is -2.23. The molecule has 0 saturated carbocycles. The molecule has 2 heterocycles. The zero-order valence-electron chi connectivity index (χ0n) is 15.9. The molecule has 0 atom stereocenters. The summed E-state index contributed by atoms with van der Waals surface area (Å²) >= 11 is 0. The Morgan fingerprint density at radius 3 is 2.50 bits per heavy atom. The lowest BCUT2D eigenvalue weighted by atomic mass is 9.98. The van der Waals surface area contributed by atoms with Crippen molar-refractivity contribution >= 4 is 17.0 Å². The van der Waals surface area contributed by atoms with Crippen LogP contribution in [-0.2, 0) is 6.54 Å². The predicted molar refractivity (Wildman–Crippen MR) is 103 cm³/mol. The first-order valence-corrected chi connectivity index (χ1v) is 9.07. The Hall–Kier alpha value is -3.05. The van der Waals surface area contributed by atoms with E-state index < -0.39 is 17.2 Å². The number of aryl methyl sites for hydroxylation is 1. The Kier molecular flexibility index (Phi) is 5.29. The second-order valence-corrected chi connectivity index (χ2v) is 6.37. The number of aromatic nitrogens is 4. The zero-order valence-corrected chi connectivity index (χ0v) is 15.9. The number of nitrogen functional groups attached to an aromatic ring is 1. The molecule has 0 spiro atoms. The lowest BCUT2D eigenvalue weighted by molar-refractivity contribution is 0.0931. The van der Waals surface area contributed by atoms with E-state index in [2.05, 4.69) is 26.8 Å². The topological polar surface area (TPSA) is 89.9 Å². The molecule has 0 bridgehead atoms. The largest absolute Gasteiger partial charge is 0.382 e. The fraction of sp³-hybridized carbons (Fsp3) is 0.350. The van der Waals surface area contributed by atoms with Crippen LogP contribution in [0.3, 0.4) is 0 Å². The monoisotopic (exact) mass is 385 g/mol. The smallest absolute Gasteiger partial charge is 0.209 e. The molecule has 0 aliphatic heterocycles. The van der Waals surface area contributed by atoms with Gasteiger partial charge in [-0.25, -0.2) is 23.7 Å². The van der Waals surface area contributed by atoms with Crippen molar-refractivity contribution in [3.8, 4) is 23.2 Å². The van der Waals surface area contributed by atoms with Gasteiger partial charge in [-0.2, -0.15) is 0 Å². The molecule has 0 saturated heterocycles. The number of aliphatic hydroxyl groups is 1. The van der Waals surface area contributed by atoms with E-state index in [0.717, 1.165) is 6.07 Å². The molecule has 1 aromatic carbocycles. The van der Waals surface area contributed by atoms with Crippen molar-refractivity contribution in [3.05, 3.63) is 35.7 Å². The van der Waals surface area contributed by atoms with Gasteiger partial charge in [0.15, 0.2) is 28.6 Å². The van der Waals surface area contributed by atoms with Crippen molar-refractivity contribution in [3.63, 3.8) is 0 Å². The molecule has 6 nitrogen and oxygen atoms in total. The molecule has 0 aliphatic rings. The van der Waals surface area contributed by atoms with Crippen molar-refractivity contribution < 1.29 is 13.9 Å². The SMILES string of the molecule is CCn1c(-c2cccc(F)c2F)nc2c(N)nc(C#CC(O)(CC)CC)nc21. The Balaban J connectivity index is 2.21. The average Bonchev–Trinajstić information content (AvgIpc) is 3.07. The number of halogens is 2. The Morgan fingerprint density at radius 2 is 1.86 bits per heavy atom. The first-order chi connectivity index (χ1) is 13.3. The molecule has 3 N–H and O–H groups in total. The molecule has 3 aromatic rings. The number of nitrogens with zero attached hydrogens (tertiary/aromatic N) is 4. The fourth-order valence-corrected chi connectivity index (χ4v) is 2.86. The third kappa shape index (κ3) is 3.41. The summed E-state index contributed by atoms with van der Waals surface area (Å²) in [6.07, 6.45) is 0.925. The fourth-order valence-electron chi connectivity index (χ4n) is 2.86. The first kappa shape index (κ1) is 19.7. The second kappa shape index (κ2) is 7.52. The number of fused-ring (bicyclic) bond motifs is 1. The van der Waals surface area contributed by atoms with Gasteiger partial charge < -0.3 is 15.4 Å². The van der Waals surface area contributed by atoms with Crippen LogP contribution in [0, 0.1) is 23.5 Å². The third-order valence-corrected chi connectivity index (χ3v) is 4.71. The summed E-state index contributed by atoms with van der Waals surface area (Å²) in [4.78, 5) is 12.9. The quantitative estimate of drug-likeness (QED) is 0.673. The van der Waals surface area contributed by atoms with Crippen LogP contribution in [0.1, 0.15) is 39.4 Å². The number of hydrogen-bond donors (Lipinski definition) is 2. The van der Waals surface area contributed by atoms with Gasteiger partial charge in [0.2, 0.25) is 5.82 Å². The normalized spacial score (nSPS) is 11.5. The summed E-state index contributed by atoms with van der Waals surface area (Å²) in [7, 11) is 0. The molecule has 0 radical (unpaired) electrons. The minimum absolute atomic E-state index is 0.0122. The van der Waals surface area contributed by atoms with Gasteiger partial charge in [-0.05, 0) is 37.8 Å². The number of hydrogen-bond acceptors (Lipinski definition) is 5. The molecule has 146 valence electrons. The standard InChI is InChI=1S/C20H21F2N5O/c1-4-20(28,5-2)11-10-14-24-17(23)16-19(25-14)27(6-3)18(26-16)12-8-7-9-13(21)15(12)22/h7-9,28H,4-6H2,1-3H3,(H2,23,24,25). The lowest BCUT2D eigenvalue weighted by Gasteiger charge is -2.16. The molecule has 0 fully saturated rings. The van der Waals surface area contributed by atoms with E-state index in [1.165, 1.54) is 12.1 Å². The minimum atomic E-state index is -1.13. The predicted octanol–water partition coefficient (Wildman–Crippen LogP) is 3.28. The van der Waals surface area contributed by atoms with Crippen molar-refractivity contribution in [2.45, 2.75) is 45.8 Å². The molecule has 0 amide bonds. The van der Waals surface area contributed by atoms with Gasteiger partial charge in [0, 0.05) is 6.54 Å². The summed E-state index contributed by atoms with van der Waals surface area (Å²) in [5.74, 6) is 4.01. The second-order valence-electron chi connectivity index (χ2n) is 6.37. The molecule has 0 aliphatic carbocycles. The highest BCUT2D eigenvalue weighted by molar-refractivity contribution is 5.86. The van der Waals surface area contributed by atoms with E-state index in [1.807, 2.05) is 20.8 Å². The van der Waals surface area contributed by atoms with Gasteiger partial charge in [-0.15, -0.1) is 0 Å². The van der Waals surface area contributed by atoms with Crippen molar-refractivity contribution in [2.75, 3.05) is 5.73 Å². The van der Waals surface area contributed by atoms with E-state index in [-0.39, 0.29) is 28.5 Å². The molecule has 3 rings (SSSR count). The summed E-state index contributed by atoms with van der Waals surface area (Å²) in [5.41, 5.74) is 5.55. The van der Waals surface area contributed by atoms with Crippen LogP contribution in [0.25, 0.3) is 22.6 Å². The molecular weight excluding hydrogens is 364 g/mol. The molecule has 0 unspecified atom stereocenters. The maximum atomic E-state index is 14.3. The maximum Gasteiger partial charge on any atom is 0.209 e.